The van der Waals surface area contributed by atoms with E-state index < -0.39 is 0 Å². The fraction of sp³-hybridized carbons (Fsp3) is 0.182. The van der Waals surface area contributed by atoms with E-state index in [0.717, 1.165) is 15.6 Å². The average molecular weight is 239 g/mol. The quantitative estimate of drug-likeness (QED) is 0.570. The molecular weight excluding hydrogens is 228 g/mol. The summed E-state index contributed by atoms with van der Waals surface area (Å²) < 4.78 is 1.06. The first-order chi connectivity index (χ1) is 6.06. The summed E-state index contributed by atoms with van der Waals surface area (Å²) >= 11 is 3.45. The predicted octanol–water partition coefficient (Wildman–Crippen LogP) is 3.43. The first-order valence-electron chi connectivity index (χ1n) is 3.99. The Labute approximate surface area is 86.6 Å². The van der Waals surface area contributed by atoms with Crippen molar-refractivity contribution in [2.45, 2.75) is 13.8 Å². The van der Waals surface area contributed by atoms with Gasteiger partial charge < -0.3 is 0 Å². The molecule has 0 aliphatic heterocycles. The Bertz CT molecular complexity index is 343. The van der Waals surface area contributed by atoms with E-state index in [4.69, 9.17) is 0 Å². The molecule has 2 heteroatoms. The first-order valence-corrected chi connectivity index (χ1v) is 4.79. The fourth-order valence-corrected chi connectivity index (χ4v) is 1.43. The van der Waals surface area contributed by atoms with Gasteiger partial charge in [0.05, 0.1) is 0 Å². The molecule has 0 radical (unpaired) electrons. The van der Waals surface area contributed by atoms with Crippen molar-refractivity contribution in [3.05, 3.63) is 46.0 Å². The molecule has 0 aliphatic carbocycles. The van der Waals surface area contributed by atoms with Gasteiger partial charge in [0.25, 0.3) is 0 Å². The van der Waals surface area contributed by atoms with E-state index >= 15 is 0 Å². The zero-order valence-electron chi connectivity index (χ0n) is 7.73. The molecular formula is C11H11BrO. The van der Waals surface area contributed by atoms with Crippen LogP contribution in [0, 0.1) is 13.8 Å². The first kappa shape index (κ1) is 10.2. The zero-order valence-corrected chi connectivity index (χ0v) is 9.31. The largest absolute Gasteiger partial charge is 0.289 e. The third-order valence-electron chi connectivity index (χ3n) is 1.91. The Balaban J connectivity index is 3.28. The Hall–Kier alpha value is -0.890. The smallest absolute Gasteiger partial charge is 0.185 e. The highest BCUT2D eigenvalue weighted by atomic mass is 79.9. The van der Waals surface area contributed by atoms with Crippen LogP contribution in [-0.2, 0) is 0 Å². The summed E-state index contributed by atoms with van der Waals surface area (Å²) in [5.41, 5.74) is 2.85. The second kappa shape index (κ2) is 3.88. The Morgan fingerprint density at radius 3 is 2.23 bits per heavy atom. The fourth-order valence-electron chi connectivity index (χ4n) is 1.21. The molecule has 0 atom stereocenters. The summed E-state index contributed by atoms with van der Waals surface area (Å²) in [7, 11) is 0. The van der Waals surface area contributed by atoms with Crippen molar-refractivity contribution in [2.24, 2.45) is 0 Å². The van der Waals surface area contributed by atoms with E-state index in [1.165, 1.54) is 6.08 Å². The molecule has 1 aromatic carbocycles. The number of carbonyl (C=O) groups excluding carboxylic acids is 1. The lowest BCUT2D eigenvalue weighted by Gasteiger charge is -2.04. The minimum atomic E-state index is -0.0290. The van der Waals surface area contributed by atoms with E-state index in [-0.39, 0.29) is 5.78 Å². The van der Waals surface area contributed by atoms with Crippen LogP contribution < -0.4 is 0 Å². The van der Waals surface area contributed by atoms with Crippen molar-refractivity contribution < 1.29 is 4.79 Å². The zero-order chi connectivity index (χ0) is 10.0. The molecule has 0 heterocycles. The second-order valence-electron chi connectivity index (χ2n) is 2.99. The van der Waals surface area contributed by atoms with E-state index in [0.29, 0.717) is 5.56 Å². The highest BCUT2D eigenvalue weighted by Crippen LogP contribution is 2.22. The summed E-state index contributed by atoms with van der Waals surface area (Å²) in [6.45, 7) is 7.40. The van der Waals surface area contributed by atoms with Crippen LogP contribution in [0.1, 0.15) is 21.5 Å². The molecule has 0 fully saturated rings. The van der Waals surface area contributed by atoms with E-state index in [9.17, 15) is 4.79 Å². The third kappa shape index (κ3) is 2.07. The summed E-state index contributed by atoms with van der Waals surface area (Å²) in [6.07, 6.45) is 1.34. The standard InChI is InChI=1S/C11H11BrO/c1-4-10(13)9-5-7(2)11(12)8(3)6-9/h4-6H,1H2,2-3H3. The van der Waals surface area contributed by atoms with Crippen LogP contribution >= 0.6 is 15.9 Å². The van der Waals surface area contributed by atoms with Crippen LogP contribution in [0.5, 0.6) is 0 Å². The number of benzene rings is 1. The minimum Gasteiger partial charge on any atom is -0.289 e. The Kier molecular flexibility index (Phi) is 3.04. The molecule has 0 N–H and O–H groups in total. The van der Waals surface area contributed by atoms with Gasteiger partial charge in [-0.3, -0.25) is 4.79 Å². The van der Waals surface area contributed by atoms with Gasteiger partial charge in [-0.15, -0.1) is 0 Å². The van der Waals surface area contributed by atoms with Crippen molar-refractivity contribution in [3.8, 4) is 0 Å². The van der Waals surface area contributed by atoms with Gasteiger partial charge in [0, 0.05) is 10.0 Å². The molecule has 1 aromatic rings. The third-order valence-corrected chi connectivity index (χ3v) is 3.16. The summed E-state index contributed by atoms with van der Waals surface area (Å²) in [4.78, 5) is 11.3. The molecule has 0 bridgehead atoms. The van der Waals surface area contributed by atoms with Crippen LogP contribution in [0.25, 0.3) is 0 Å². The van der Waals surface area contributed by atoms with Crippen molar-refractivity contribution in [2.75, 3.05) is 0 Å². The van der Waals surface area contributed by atoms with Crippen molar-refractivity contribution in [3.63, 3.8) is 0 Å². The van der Waals surface area contributed by atoms with Crippen LogP contribution in [0.2, 0.25) is 0 Å². The molecule has 1 rings (SSSR count). The van der Waals surface area contributed by atoms with Gasteiger partial charge in [0.2, 0.25) is 0 Å². The molecule has 0 spiro atoms. The molecule has 0 saturated carbocycles. The number of allylic oxidation sites excluding steroid dienone is 1. The minimum absolute atomic E-state index is 0.0290. The van der Waals surface area contributed by atoms with Crippen LogP contribution in [0.3, 0.4) is 0 Å². The Morgan fingerprint density at radius 1 is 1.38 bits per heavy atom. The maximum Gasteiger partial charge on any atom is 0.185 e. The Morgan fingerprint density at radius 2 is 1.85 bits per heavy atom. The molecule has 0 amide bonds. The van der Waals surface area contributed by atoms with E-state index in [1.807, 2.05) is 26.0 Å². The molecule has 0 saturated heterocycles. The van der Waals surface area contributed by atoms with Crippen molar-refractivity contribution in [1.29, 1.82) is 0 Å². The highest BCUT2D eigenvalue weighted by Gasteiger charge is 2.05. The molecule has 0 aromatic heterocycles. The monoisotopic (exact) mass is 238 g/mol. The maximum absolute atomic E-state index is 11.3. The van der Waals surface area contributed by atoms with Crippen LogP contribution in [0.4, 0.5) is 0 Å². The summed E-state index contributed by atoms with van der Waals surface area (Å²) in [5.74, 6) is -0.0290. The molecule has 0 unspecified atom stereocenters. The van der Waals surface area contributed by atoms with Crippen LogP contribution in [0.15, 0.2) is 29.3 Å². The lowest BCUT2D eigenvalue weighted by molar-refractivity contribution is 0.104. The maximum atomic E-state index is 11.3. The van der Waals surface area contributed by atoms with Gasteiger partial charge in [-0.05, 0) is 43.2 Å². The van der Waals surface area contributed by atoms with Gasteiger partial charge in [-0.1, -0.05) is 22.5 Å². The van der Waals surface area contributed by atoms with Crippen molar-refractivity contribution >= 4 is 21.7 Å². The number of hydrogen-bond acceptors (Lipinski definition) is 1. The van der Waals surface area contributed by atoms with Gasteiger partial charge in [0.15, 0.2) is 5.78 Å². The molecule has 1 nitrogen and oxygen atoms in total. The van der Waals surface area contributed by atoms with Gasteiger partial charge in [-0.2, -0.15) is 0 Å². The normalized spacial score (nSPS) is 9.77. The molecule has 0 aliphatic rings. The highest BCUT2D eigenvalue weighted by molar-refractivity contribution is 9.10. The molecule has 68 valence electrons. The topological polar surface area (TPSA) is 17.1 Å². The number of carbonyl (C=O) groups is 1. The lowest BCUT2D eigenvalue weighted by Crippen LogP contribution is -1.96. The van der Waals surface area contributed by atoms with Crippen molar-refractivity contribution in [1.82, 2.24) is 0 Å². The summed E-state index contributed by atoms with van der Waals surface area (Å²) in [5, 5.41) is 0. The number of ketones is 1. The number of hydrogen-bond donors (Lipinski definition) is 0. The molecule has 13 heavy (non-hydrogen) atoms. The second-order valence-corrected chi connectivity index (χ2v) is 3.79. The van der Waals surface area contributed by atoms with Gasteiger partial charge >= 0.3 is 0 Å². The van der Waals surface area contributed by atoms with Crippen LogP contribution in [-0.4, -0.2) is 5.78 Å². The number of rotatable bonds is 2. The number of halogens is 1. The van der Waals surface area contributed by atoms with Gasteiger partial charge in [0.1, 0.15) is 0 Å². The predicted molar refractivity (Wildman–Crippen MR) is 58.1 cm³/mol. The number of aryl methyl sites for hydroxylation is 2. The van der Waals surface area contributed by atoms with E-state index in [2.05, 4.69) is 22.5 Å². The average Bonchev–Trinajstić information content (AvgIpc) is 2.12. The van der Waals surface area contributed by atoms with Gasteiger partial charge in [-0.25, -0.2) is 0 Å². The SMILES string of the molecule is C=CC(=O)c1cc(C)c(Br)c(C)c1. The summed E-state index contributed by atoms with van der Waals surface area (Å²) in [6, 6.07) is 3.72. The van der Waals surface area contributed by atoms with E-state index in [1.54, 1.807) is 0 Å². The lowest BCUT2D eigenvalue weighted by atomic mass is 10.0.